The highest BCUT2D eigenvalue weighted by molar-refractivity contribution is 4.57. The summed E-state index contributed by atoms with van der Waals surface area (Å²) in [6.45, 7) is 11.8. The highest BCUT2D eigenvalue weighted by Gasteiger charge is 2.04. The molecule has 0 aliphatic carbocycles. The van der Waals surface area contributed by atoms with Crippen LogP contribution in [0.3, 0.4) is 0 Å². The minimum atomic E-state index is 0.876. The van der Waals surface area contributed by atoms with Gasteiger partial charge in [-0.1, -0.05) is 98.8 Å². The number of hydrogen-bond donors (Lipinski definition) is 0. The molecule has 0 spiro atoms. The molecule has 1 atom stereocenters. The number of unbranched alkanes of at least 4 members (excludes halogenated alkanes) is 7. The van der Waals surface area contributed by atoms with Crippen LogP contribution < -0.4 is 0 Å². The van der Waals surface area contributed by atoms with Gasteiger partial charge in [-0.3, -0.25) is 0 Å². The van der Waals surface area contributed by atoms with Crippen molar-refractivity contribution in [2.45, 2.75) is 105 Å². The normalized spacial score (nSPS) is 13.4. The summed E-state index contributed by atoms with van der Waals surface area (Å²) in [5.74, 6) is 2.71. The summed E-state index contributed by atoms with van der Waals surface area (Å²) in [7, 11) is 0. The summed E-state index contributed by atoms with van der Waals surface area (Å²) in [6.07, 6.45) is 16.0. The third-order valence-corrected chi connectivity index (χ3v) is 4.10. The molecule has 0 fully saturated rings. The summed E-state index contributed by atoms with van der Waals surface area (Å²) in [5.41, 5.74) is 0. The Bertz CT molecular complexity index is 169. The Kier molecular flexibility index (Phi) is 13.0. The molecule has 0 amide bonds. The second-order valence-electron chi connectivity index (χ2n) is 7.53. The molecule has 0 saturated heterocycles. The Morgan fingerprint density at radius 3 is 1.32 bits per heavy atom. The van der Waals surface area contributed by atoms with Crippen molar-refractivity contribution in [2.24, 2.45) is 17.8 Å². The molecule has 0 aromatic carbocycles. The molecule has 19 heavy (non-hydrogen) atoms. The summed E-state index contributed by atoms with van der Waals surface area (Å²) in [5, 5.41) is 0. The smallest absolute Gasteiger partial charge is 0.0440 e. The Morgan fingerprint density at radius 1 is 0.474 bits per heavy atom. The van der Waals surface area contributed by atoms with Crippen LogP contribution in [-0.4, -0.2) is 0 Å². The molecule has 0 nitrogen and oxygen atoms in total. The topological polar surface area (TPSA) is 0 Å². The zero-order chi connectivity index (χ0) is 14.5. The molecule has 0 bridgehead atoms. The van der Waals surface area contributed by atoms with Gasteiger partial charge in [-0.05, 0) is 24.2 Å². The molecule has 0 aliphatic heterocycles. The van der Waals surface area contributed by atoms with Crippen LogP contribution in [-0.2, 0) is 0 Å². The van der Waals surface area contributed by atoms with Crippen LogP contribution in [0.1, 0.15) is 105 Å². The molecule has 116 valence electrons. The summed E-state index contributed by atoms with van der Waals surface area (Å²) in [4.78, 5) is 0. The van der Waals surface area contributed by atoms with Crippen LogP contribution in [0, 0.1) is 17.8 Å². The van der Waals surface area contributed by atoms with Crippen molar-refractivity contribution in [3.63, 3.8) is 0 Å². The summed E-state index contributed by atoms with van der Waals surface area (Å²) >= 11 is 0. The van der Waals surface area contributed by atoms with Gasteiger partial charge in [-0.2, -0.15) is 0 Å². The molecule has 0 aromatic heterocycles. The fourth-order valence-electron chi connectivity index (χ4n) is 3.03. The molecule has 0 rings (SSSR count). The van der Waals surface area contributed by atoms with Gasteiger partial charge in [0.25, 0.3) is 0 Å². The van der Waals surface area contributed by atoms with Crippen molar-refractivity contribution >= 4 is 0 Å². The molecular formula is C19H40. The van der Waals surface area contributed by atoms with E-state index in [0.717, 1.165) is 17.8 Å². The predicted octanol–water partition coefficient (Wildman–Crippen LogP) is 7.23. The first-order valence-corrected chi connectivity index (χ1v) is 9.02. The lowest BCUT2D eigenvalue weighted by molar-refractivity contribution is 0.397. The van der Waals surface area contributed by atoms with E-state index in [-0.39, 0.29) is 0 Å². The fraction of sp³-hybridized carbons (Fsp3) is 1.00. The zero-order valence-corrected chi connectivity index (χ0v) is 14.5. The maximum atomic E-state index is 2.43. The molecule has 0 N–H and O–H groups in total. The van der Waals surface area contributed by atoms with E-state index in [9.17, 15) is 0 Å². The van der Waals surface area contributed by atoms with Gasteiger partial charge in [0.15, 0.2) is 0 Å². The molecule has 0 radical (unpaired) electrons. The van der Waals surface area contributed by atoms with Crippen LogP contribution in [0.25, 0.3) is 0 Å². The van der Waals surface area contributed by atoms with Crippen molar-refractivity contribution < 1.29 is 0 Å². The summed E-state index contributed by atoms with van der Waals surface area (Å²) < 4.78 is 0. The third kappa shape index (κ3) is 15.9. The van der Waals surface area contributed by atoms with E-state index < -0.39 is 0 Å². The zero-order valence-electron chi connectivity index (χ0n) is 14.5. The van der Waals surface area contributed by atoms with Crippen molar-refractivity contribution in [2.75, 3.05) is 0 Å². The first-order valence-electron chi connectivity index (χ1n) is 9.02. The second-order valence-corrected chi connectivity index (χ2v) is 7.53. The average Bonchev–Trinajstić information content (AvgIpc) is 2.30. The molecule has 0 aromatic rings. The SMILES string of the molecule is CC(C)CCCCCCCCCCC(C)CC(C)C. The van der Waals surface area contributed by atoms with Crippen LogP contribution >= 0.6 is 0 Å². The predicted molar refractivity (Wildman–Crippen MR) is 89.6 cm³/mol. The van der Waals surface area contributed by atoms with Crippen LogP contribution in [0.2, 0.25) is 0 Å². The van der Waals surface area contributed by atoms with E-state index in [1.165, 1.54) is 70.6 Å². The first kappa shape index (κ1) is 19.0. The van der Waals surface area contributed by atoms with Gasteiger partial charge in [0, 0.05) is 0 Å². The lowest BCUT2D eigenvalue weighted by Crippen LogP contribution is -1.99. The van der Waals surface area contributed by atoms with Gasteiger partial charge < -0.3 is 0 Å². The minimum Gasteiger partial charge on any atom is -0.0628 e. The van der Waals surface area contributed by atoms with Gasteiger partial charge in [0.1, 0.15) is 0 Å². The van der Waals surface area contributed by atoms with Crippen LogP contribution in [0.4, 0.5) is 0 Å². The monoisotopic (exact) mass is 268 g/mol. The molecular weight excluding hydrogens is 228 g/mol. The van der Waals surface area contributed by atoms with Gasteiger partial charge in [0.2, 0.25) is 0 Å². The van der Waals surface area contributed by atoms with E-state index in [4.69, 9.17) is 0 Å². The largest absolute Gasteiger partial charge is 0.0628 e. The van der Waals surface area contributed by atoms with Gasteiger partial charge in [-0.25, -0.2) is 0 Å². The van der Waals surface area contributed by atoms with Gasteiger partial charge in [0.05, 0.1) is 0 Å². The summed E-state index contributed by atoms with van der Waals surface area (Å²) in [6, 6.07) is 0. The molecule has 0 aliphatic rings. The van der Waals surface area contributed by atoms with Crippen LogP contribution in [0.5, 0.6) is 0 Å². The number of rotatable bonds is 13. The minimum absolute atomic E-state index is 0.876. The third-order valence-electron chi connectivity index (χ3n) is 4.10. The highest BCUT2D eigenvalue weighted by Crippen LogP contribution is 2.19. The van der Waals surface area contributed by atoms with Crippen LogP contribution in [0.15, 0.2) is 0 Å². The number of hydrogen-bond acceptors (Lipinski definition) is 0. The average molecular weight is 269 g/mol. The molecule has 0 heteroatoms. The van der Waals surface area contributed by atoms with Crippen molar-refractivity contribution in [3.05, 3.63) is 0 Å². The lowest BCUT2D eigenvalue weighted by atomic mass is 9.93. The van der Waals surface area contributed by atoms with Gasteiger partial charge >= 0.3 is 0 Å². The Balaban J connectivity index is 3.10. The maximum absolute atomic E-state index is 2.43. The van der Waals surface area contributed by atoms with Crippen molar-refractivity contribution in [1.82, 2.24) is 0 Å². The Labute approximate surface area is 123 Å². The van der Waals surface area contributed by atoms with E-state index in [2.05, 4.69) is 34.6 Å². The molecule has 1 unspecified atom stereocenters. The Morgan fingerprint density at radius 2 is 0.895 bits per heavy atom. The first-order chi connectivity index (χ1) is 9.02. The Hall–Kier alpha value is 0. The second kappa shape index (κ2) is 13.0. The van der Waals surface area contributed by atoms with Crippen molar-refractivity contribution in [1.29, 1.82) is 0 Å². The molecule has 0 saturated carbocycles. The van der Waals surface area contributed by atoms with E-state index in [0.29, 0.717) is 0 Å². The van der Waals surface area contributed by atoms with Crippen molar-refractivity contribution in [3.8, 4) is 0 Å². The molecule has 0 heterocycles. The maximum Gasteiger partial charge on any atom is -0.0440 e. The standard InChI is InChI=1S/C19H40/c1-17(2)14-12-10-8-6-7-9-11-13-15-19(5)16-18(3)4/h17-19H,6-16H2,1-5H3. The van der Waals surface area contributed by atoms with E-state index >= 15 is 0 Å². The van der Waals surface area contributed by atoms with Gasteiger partial charge in [-0.15, -0.1) is 0 Å². The highest BCUT2D eigenvalue weighted by atomic mass is 14.1. The quantitative estimate of drug-likeness (QED) is 0.309. The van der Waals surface area contributed by atoms with E-state index in [1.54, 1.807) is 0 Å². The fourth-order valence-corrected chi connectivity index (χ4v) is 3.03. The lowest BCUT2D eigenvalue weighted by Gasteiger charge is -2.13. The van der Waals surface area contributed by atoms with E-state index in [1.807, 2.05) is 0 Å².